The summed E-state index contributed by atoms with van der Waals surface area (Å²) in [5, 5.41) is 8.53. The van der Waals surface area contributed by atoms with Crippen LogP contribution < -0.4 is 4.90 Å². The zero-order valence-corrected chi connectivity index (χ0v) is 11.7. The highest BCUT2D eigenvalue weighted by atomic mass is 19.1. The number of carboxylic acid groups (broad SMARTS) is 1. The van der Waals surface area contributed by atoms with Gasteiger partial charge >= 0.3 is 5.97 Å². The maximum absolute atomic E-state index is 14.0. The van der Waals surface area contributed by atoms with E-state index in [1.54, 1.807) is 12.1 Å². The molecule has 19 heavy (non-hydrogen) atoms. The van der Waals surface area contributed by atoms with E-state index in [0.717, 1.165) is 6.08 Å². The standard InChI is InChI=1S/C15H20FNO2/c1-10(2)11(3)17(4)14-7-5-12(9-13(14)16)6-8-15(18)19/h5-11H,1-4H3,(H,18,19)/b8-6+. The van der Waals surface area contributed by atoms with Crippen LogP contribution in [-0.4, -0.2) is 24.2 Å². The number of carboxylic acids is 1. The van der Waals surface area contributed by atoms with Crippen LogP contribution in [0.3, 0.4) is 0 Å². The van der Waals surface area contributed by atoms with Crippen LogP contribution >= 0.6 is 0 Å². The van der Waals surface area contributed by atoms with Crippen LogP contribution in [0.1, 0.15) is 26.3 Å². The van der Waals surface area contributed by atoms with E-state index < -0.39 is 5.97 Å². The molecule has 0 fully saturated rings. The Morgan fingerprint density at radius 3 is 2.47 bits per heavy atom. The van der Waals surface area contributed by atoms with E-state index in [0.29, 0.717) is 17.2 Å². The predicted molar refractivity (Wildman–Crippen MR) is 75.8 cm³/mol. The molecule has 3 nitrogen and oxygen atoms in total. The topological polar surface area (TPSA) is 40.5 Å². The fourth-order valence-electron chi connectivity index (χ4n) is 1.75. The molecule has 104 valence electrons. The molecule has 1 atom stereocenters. The van der Waals surface area contributed by atoms with Gasteiger partial charge in [-0.25, -0.2) is 9.18 Å². The number of hydrogen-bond acceptors (Lipinski definition) is 2. The van der Waals surface area contributed by atoms with Crippen LogP contribution in [0.4, 0.5) is 10.1 Å². The van der Waals surface area contributed by atoms with Gasteiger partial charge in [-0.05, 0) is 36.6 Å². The number of nitrogens with zero attached hydrogens (tertiary/aromatic N) is 1. The summed E-state index contributed by atoms with van der Waals surface area (Å²) in [6.07, 6.45) is 2.37. The highest BCUT2D eigenvalue weighted by molar-refractivity contribution is 5.85. The molecule has 0 aliphatic rings. The van der Waals surface area contributed by atoms with Crippen molar-refractivity contribution in [2.75, 3.05) is 11.9 Å². The third-order valence-corrected chi connectivity index (χ3v) is 3.35. The zero-order chi connectivity index (χ0) is 14.6. The fraction of sp³-hybridized carbons (Fsp3) is 0.400. The smallest absolute Gasteiger partial charge is 0.328 e. The van der Waals surface area contributed by atoms with Crippen LogP contribution in [0.25, 0.3) is 6.08 Å². The second-order valence-electron chi connectivity index (χ2n) is 4.98. The molecule has 0 aliphatic heterocycles. The number of anilines is 1. The van der Waals surface area contributed by atoms with Crippen molar-refractivity contribution in [3.8, 4) is 0 Å². The van der Waals surface area contributed by atoms with Gasteiger partial charge in [0.2, 0.25) is 0 Å². The van der Waals surface area contributed by atoms with Gasteiger partial charge in [-0.15, -0.1) is 0 Å². The first-order chi connectivity index (χ1) is 8.82. The number of carbonyl (C=O) groups is 1. The normalized spacial score (nSPS) is 12.9. The first-order valence-corrected chi connectivity index (χ1v) is 6.26. The summed E-state index contributed by atoms with van der Waals surface area (Å²) in [5.74, 6) is -0.978. The maximum Gasteiger partial charge on any atom is 0.328 e. The lowest BCUT2D eigenvalue weighted by Gasteiger charge is -2.30. The third-order valence-electron chi connectivity index (χ3n) is 3.35. The molecule has 1 unspecified atom stereocenters. The SMILES string of the molecule is CC(C)C(C)N(C)c1ccc(/C=C/C(=O)O)cc1F. The minimum Gasteiger partial charge on any atom is -0.478 e. The Hall–Kier alpha value is -1.84. The van der Waals surface area contributed by atoms with Crippen LogP contribution in [0, 0.1) is 11.7 Å². The lowest BCUT2D eigenvalue weighted by Crippen LogP contribution is -2.33. The number of hydrogen-bond donors (Lipinski definition) is 1. The van der Waals surface area contributed by atoms with E-state index in [-0.39, 0.29) is 11.9 Å². The van der Waals surface area contributed by atoms with E-state index in [1.807, 2.05) is 18.9 Å². The van der Waals surface area contributed by atoms with Crippen molar-refractivity contribution in [1.29, 1.82) is 0 Å². The molecule has 4 heteroatoms. The minimum atomic E-state index is -1.05. The summed E-state index contributed by atoms with van der Waals surface area (Å²) in [6.45, 7) is 6.22. The molecule has 0 aliphatic carbocycles. The predicted octanol–water partition coefficient (Wildman–Crippen LogP) is 3.40. The van der Waals surface area contributed by atoms with Crippen molar-refractivity contribution in [3.63, 3.8) is 0 Å². The van der Waals surface area contributed by atoms with Gasteiger partial charge in [-0.1, -0.05) is 19.9 Å². The molecule has 0 aromatic heterocycles. The summed E-state index contributed by atoms with van der Waals surface area (Å²) in [6, 6.07) is 4.95. The number of rotatable bonds is 5. The molecule has 0 amide bonds. The van der Waals surface area contributed by atoms with Crippen molar-refractivity contribution in [1.82, 2.24) is 0 Å². The Morgan fingerprint density at radius 2 is 2.00 bits per heavy atom. The second kappa shape index (κ2) is 6.36. The van der Waals surface area contributed by atoms with Crippen molar-refractivity contribution in [3.05, 3.63) is 35.7 Å². The van der Waals surface area contributed by atoms with E-state index in [1.165, 1.54) is 12.1 Å². The summed E-state index contributed by atoms with van der Waals surface area (Å²) >= 11 is 0. The van der Waals surface area contributed by atoms with Crippen molar-refractivity contribution in [2.45, 2.75) is 26.8 Å². The van der Waals surface area contributed by atoms with Gasteiger partial charge in [0.05, 0.1) is 5.69 Å². The number of benzene rings is 1. The highest BCUT2D eigenvalue weighted by Gasteiger charge is 2.16. The average Bonchev–Trinajstić information content (AvgIpc) is 2.34. The van der Waals surface area contributed by atoms with Crippen molar-refractivity contribution >= 4 is 17.7 Å². The summed E-state index contributed by atoms with van der Waals surface area (Å²) in [5.41, 5.74) is 1.06. The number of halogens is 1. The molecule has 0 saturated carbocycles. The van der Waals surface area contributed by atoms with E-state index in [9.17, 15) is 9.18 Å². The summed E-state index contributed by atoms with van der Waals surface area (Å²) < 4.78 is 14.0. The molecule has 0 heterocycles. The van der Waals surface area contributed by atoms with Gasteiger partial charge in [0.25, 0.3) is 0 Å². The Balaban J connectivity index is 2.97. The first kappa shape index (κ1) is 15.2. The van der Waals surface area contributed by atoms with E-state index in [4.69, 9.17) is 5.11 Å². The average molecular weight is 265 g/mol. The van der Waals surface area contributed by atoms with Gasteiger partial charge in [0.15, 0.2) is 0 Å². The molecule has 1 rings (SSSR count). The molecule has 1 N–H and O–H groups in total. The first-order valence-electron chi connectivity index (χ1n) is 6.26. The highest BCUT2D eigenvalue weighted by Crippen LogP contribution is 2.24. The molecule has 1 aromatic carbocycles. The zero-order valence-electron chi connectivity index (χ0n) is 11.7. The van der Waals surface area contributed by atoms with Gasteiger partial charge < -0.3 is 10.0 Å². The quantitative estimate of drug-likeness (QED) is 0.829. The molecule has 0 saturated heterocycles. The largest absolute Gasteiger partial charge is 0.478 e. The monoisotopic (exact) mass is 265 g/mol. The summed E-state index contributed by atoms with van der Waals surface area (Å²) in [4.78, 5) is 12.3. The Morgan fingerprint density at radius 1 is 1.37 bits per heavy atom. The van der Waals surface area contributed by atoms with Crippen LogP contribution in [0.15, 0.2) is 24.3 Å². The van der Waals surface area contributed by atoms with E-state index in [2.05, 4.69) is 13.8 Å². The molecule has 1 aromatic rings. The fourth-order valence-corrected chi connectivity index (χ4v) is 1.75. The van der Waals surface area contributed by atoms with Gasteiger partial charge in [0.1, 0.15) is 5.82 Å². The summed E-state index contributed by atoms with van der Waals surface area (Å²) in [7, 11) is 1.86. The molecule has 0 spiro atoms. The molecule has 0 bridgehead atoms. The maximum atomic E-state index is 14.0. The van der Waals surface area contributed by atoms with Crippen molar-refractivity contribution < 1.29 is 14.3 Å². The lowest BCUT2D eigenvalue weighted by molar-refractivity contribution is -0.131. The molecular weight excluding hydrogens is 245 g/mol. The minimum absolute atomic E-state index is 0.218. The Labute approximate surface area is 113 Å². The van der Waals surface area contributed by atoms with Crippen LogP contribution in [-0.2, 0) is 4.79 Å². The Kier molecular flexibility index (Phi) is 5.10. The second-order valence-corrected chi connectivity index (χ2v) is 4.98. The van der Waals surface area contributed by atoms with Crippen LogP contribution in [0.2, 0.25) is 0 Å². The number of aliphatic carboxylic acids is 1. The van der Waals surface area contributed by atoms with Crippen LogP contribution in [0.5, 0.6) is 0 Å². The van der Waals surface area contributed by atoms with Gasteiger partial charge in [-0.2, -0.15) is 0 Å². The molecule has 0 radical (unpaired) electrons. The van der Waals surface area contributed by atoms with Crippen molar-refractivity contribution in [2.24, 2.45) is 5.92 Å². The van der Waals surface area contributed by atoms with Gasteiger partial charge in [0, 0.05) is 19.2 Å². The molecular formula is C15H20FNO2. The lowest BCUT2D eigenvalue weighted by atomic mass is 10.0. The Bertz CT molecular complexity index is 483. The third kappa shape index (κ3) is 4.09. The van der Waals surface area contributed by atoms with Gasteiger partial charge in [-0.3, -0.25) is 0 Å². The van der Waals surface area contributed by atoms with E-state index >= 15 is 0 Å².